The average Bonchev–Trinajstić information content (AvgIpc) is 3.20. The summed E-state index contributed by atoms with van der Waals surface area (Å²) in [5.74, 6) is 1.95. The van der Waals surface area contributed by atoms with Crippen molar-refractivity contribution in [3.63, 3.8) is 0 Å². The van der Waals surface area contributed by atoms with E-state index in [1.54, 1.807) is 21.3 Å². The Hall–Kier alpha value is -1.37. The summed E-state index contributed by atoms with van der Waals surface area (Å²) in [5, 5.41) is 0. The molecule has 2 fully saturated rings. The van der Waals surface area contributed by atoms with E-state index in [4.69, 9.17) is 37.4 Å². The molecule has 0 radical (unpaired) electrons. The molecule has 27 heavy (non-hydrogen) atoms. The van der Waals surface area contributed by atoms with Crippen molar-refractivity contribution in [3.05, 3.63) is 17.7 Å². The first-order valence-electron chi connectivity index (χ1n) is 8.95. The number of benzene rings is 1. The van der Waals surface area contributed by atoms with E-state index in [2.05, 4.69) is 4.90 Å². The maximum atomic E-state index is 12.7. The standard InChI is InChI=1S/C19H26Cl2N2O4/c1-18(12-19(18,20)21)17(24)23-9-7-22(8-10-23)11-13-5-6-14(25-2)16(27-4)15(13)26-3/h5-6H,7-12H2,1-4H3. The van der Waals surface area contributed by atoms with Crippen LogP contribution < -0.4 is 14.2 Å². The maximum Gasteiger partial charge on any atom is 0.231 e. The van der Waals surface area contributed by atoms with E-state index in [-0.39, 0.29) is 5.91 Å². The fourth-order valence-corrected chi connectivity index (χ4v) is 4.31. The lowest BCUT2D eigenvalue weighted by Gasteiger charge is -2.36. The third kappa shape index (κ3) is 3.67. The van der Waals surface area contributed by atoms with E-state index in [1.165, 1.54) is 0 Å². The van der Waals surface area contributed by atoms with Crippen LogP contribution in [0.25, 0.3) is 0 Å². The predicted molar refractivity (Wildman–Crippen MR) is 105 cm³/mol. The smallest absolute Gasteiger partial charge is 0.231 e. The van der Waals surface area contributed by atoms with E-state index in [9.17, 15) is 4.79 Å². The van der Waals surface area contributed by atoms with Gasteiger partial charge in [-0.15, -0.1) is 23.2 Å². The second kappa shape index (κ2) is 7.57. The number of rotatable bonds is 6. The molecule has 0 aromatic heterocycles. The molecule has 1 aliphatic carbocycles. The number of nitrogens with zero attached hydrogens (tertiary/aromatic N) is 2. The van der Waals surface area contributed by atoms with Crippen LogP contribution in [-0.2, 0) is 11.3 Å². The summed E-state index contributed by atoms with van der Waals surface area (Å²) in [6.45, 7) is 5.42. The van der Waals surface area contributed by atoms with E-state index in [0.717, 1.165) is 18.7 Å². The zero-order valence-electron chi connectivity index (χ0n) is 16.2. The molecular formula is C19H26Cl2N2O4. The molecule has 6 nitrogen and oxygen atoms in total. The highest BCUT2D eigenvalue weighted by Crippen LogP contribution is 2.64. The molecule has 0 spiro atoms. The van der Waals surface area contributed by atoms with Crippen LogP contribution in [0.3, 0.4) is 0 Å². The fraction of sp³-hybridized carbons (Fsp3) is 0.632. The lowest BCUT2D eigenvalue weighted by molar-refractivity contribution is -0.138. The summed E-state index contributed by atoms with van der Waals surface area (Å²) in [4.78, 5) is 16.9. The van der Waals surface area contributed by atoms with Gasteiger partial charge in [0, 0.05) is 38.3 Å². The predicted octanol–water partition coefficient (Wildman–Crippen LogP) is 2.94. The minimum Gasteiger partial charge on any atom is -0.493 e. The monoisotopic (exact) mass is 416 g/mol. The zero-order chi connectivity index (χ0) is 19.8. The lowest BCUT2D eigenvalue weighted by Crippen LogP contribution is -2.50. The van der Waals surface area contributed by atoms with Crippen LogP contribution in [0.5, 0.6) is 17.2 Å². The normalized spacial score (nSPS) is 24.4. The van der Waals surface area contributed by atoms with Gasteiger partial charge in [-0.3, -0.25) is 9.69 Å². The van der Waals surface area contributed by atoms with Gasteiger partial charge in [-0.25, -0.2) is 0 Å². The summed E-state index contributed by atoms with van der Waals surface area (Å²) in [6, 6.07) is 3.86. The van der Waals surface area contributed by atoms with Crippen molar-refractivity contribution in [2.24, 2.45) is 5.41 Å². The Morgan fingerprint density at radius 2 is 1.63 bits per heavy atom. The van der Waals surface area contributed by atoms with Crippen molar-refractivity contribution in [3.8, 4) is 17.2 Å². The second-order valence-electron chi connectivity index (χ2n) is 7.28. The zero-order valence-corrected chi connectivity index (χ0v) is 17.7. The number of amides is 1. The van der Waals surface area contributed by atoms with Gasteiger partial charge in [0.2, 0.25) is 11.7 Å². The number of halogens is 2. The topological polar surface area (TPSA) is 51.2 Å². The van der Waals surface area contributed by atoms with Gasteiger partial charge in [-0.05, 0) is 19.4 Å². The molecule has 150 valence electrons. The number of piperazine rings is 1. The van der Waals surface area contributed by atoms with Gasteiger partial charge in [0.1, 0.15) is 4.33 Å². The van der Waals surface area contributed by atoms with E-state index in [0.29, 0.717) is 43.3 Å². The maximum absolute atomic E-state index is 12.7. The minimum atomic E-state index is -0.922. The molecule has 1 aromatic carbocycles. The van der Waals surface area contributed by atoms with Crippen LogP contribution in [0, 0.1) is 5.41 Å². The molecule has 1 amide bonds. The SMILES string of the molecule is COc1ccc(CN2CCN(C(=O)C3(C)CC3(Cl)Cl)CC2)c(OC)c1OC. The van der Waals surface area contributed by atoms with Crippen LogP contribution in [0.15, 0.2) is 12.1 Å². The molecule has 0 N–H and O–H groups in total. The number of hydrogen-bond acceptors (Lipinski definition) is 5. The molecule has 0 bridgehead atoms. The van der Waals surface area contributed by atoms with E-state index < -0.39 is 9.75 Å². The van der Waals surface area contributed by atoms with Crippen LogP contribution in [0.2, 0.25) is 0 Å². The largest absolute Gasteiger partial charge is 0.493 e. The number of ether oxygens (including phenoxy) is 3. The van der Waals surface area contributed by atoms with Gasteiger partial charge < -0.3 is 19.1 Å². The van der Waals surface area contributed by atoms with Crippen LogP contribution in [-0.4, -0.2) is 67.5 Å². The van der Waals surface area contributed by atoms with Crippen LogP contribution in [0.4, 0.5) is 0 Å². The van der Waals surface area contributed by atoms with Gasteiger partial charge in [-0.2, -0.15) is 0 Å². The highest BCUT2D eigenvalue weighted by molar-refractivity contribution is 6.53. The molecule has 1 unspecified atom stereocenters. The van der Waals surface area contributed by atoms with Gasteiger partial charge >= 0.3 is 0 Å². The summed E-state index contributed by atoms with van der Waals surface area (Å²) in [6.07, 6.45) is 0.519. The minimum absolute atomic E-state index is 0.0517. The number of carbonyl (C=O) groups excluding carboxylic acids is 1. The molecule has 1 saturated carbocycles. The summed E-state index contributed by atoms with van der Waals surface area (Å²) in [5.41, 5.74) is 0.370. The third-order valence-electron chi connectivity index (χ3n) is 5.57. The molecule has 1 atom stereocenters. The van der Waals surface area contributed by atoms with Crippen molar-refractivity contribution in [1.29, 1.82) is 0 Å². The van der Waals surface area contributed by atoms with Gasteiger partial charge in [0.25, 0.3) is 0 Å². The van der Waals surface area contributed by atoms with Crippen molar-refractivity contribution in [1.82, 2.24) is 9.80 Å². The highest BCUT2D eigenvalue weighted by Gasteiger charge is 2.68. The molecule has 2 aliphatic rings. The molecule has 8 heteroatoms. The molecular weight excluding hydrogens is 391 g/mol. The first-order chi connectivity index (χ1) is 12.8. The van der Waals surface area contributed by atoms with Gasteiger partial charge in [-0.1, -0.05) is 6.07 Å². The molecule has 1 aromatic rings. The third-order valence-corrected chi connectivity index (χ3v) is 6.67. The second-order valence-corrected chi connectivity index (χ2v) is 8.76. The Labute approximate surface area is 170 Å². The lowest BCUT2D eigenvalue weighted by atomic mass is 10.1. The quantitative estimate of drug-likeness (QED) is 0.667. The Morgan fingerprint density at radius 1 is 1.04 bits per heavy atom. The Morgan fingerprint density at radius 3 is 2.11 bits per heavy atom. The van der Waals surface area contributed by atoms with E-state index in [1.807, 2.05) is 24.0 Å². The average molecular weight is 417 g/mol. The first kappa shape index (κ1) is 20.4. The molecule has 1 saturated heterocycles. The number of hydrogen-bond donors (Lipinski definition) is 0. The highest BCUT2D eigenvalue weighted by atomic mass is 35.5. The number of alkyl halides is 2. The van der Waals surface area contributed by atoms with Crippen molar-refractivity contribution < 1.29 is 19.0 Å². The number of carbonyl (C=O) groups is 1. The van der Waals surface area contributed by atoms with Crippen molar-refractivity contribution in [2.45, 2.75) is 24.2 Å². The van der Waals surface area contributed by atoms with Gasteiger partial charge in [0.15, 0.2) is 11.5 Å². The molecule has 3 rings (SSSR count). The Kier molecular flexibility index (Phi) is 5.71. The molecule has 1 aliphatic heterocycles. The Bertz CT molecular complexity index is 720. The van der Waals surface area contributed by atoms with Crippen LogP contribution in [0.1, 0.15) is 18.9 Å². The van der Waals surface area contributed by atoms with Crippen molar-refractivity contribution in [2.75, 3.05) is 47.5 Å². The first-order valence-corrected chi connectivity index (χ1v) is 9.70. The van der Waals surface area contributed by atoms with Crippen LogP contribution >= 0.6 is 23.2 Å². The fourth-order valence-electron chi connectivity index (χ4n) is 3.62. The van der Waals surface area contributed by atoms with Gasteiger partial charge in [0.05, 0.1) is 26.7 Å². The molecule has 1 heterocycles. The summed E-state index contributed by atoms with van der Waals surface area (Å²) in [7, 11) is 4.82. The summed E-state index contributed by atoms with van der Waals surface area (Å²) < 4.78 is 15.4. The summed E-state index contributed by atoms with van der Waals surface area (Å²) >= 11 is 12.3. The number of methoxy groups -OCH3 is 3. The van der Waals surface area contributed by atoms with Crippen molar-refractivity contribution >= 4 is 29.1 Å². The van der Waals surface area contributed by atoms with E-state index >= 15 is 0 Å². The Balaban J connectivity index is 1.64.